The number of anilines is 1. The fourth-order valence-corrected chi connectivity index (χ4v) is 16.5. The number of aliphatic carboxylic acids is 1. The molecule has 12 atom stereocenters. The number of imide groups is 1. The molecule has 0 saturated carbocycles. The largest absolute Gasteiger partial charge is 0.481 e. The van der Waals surface area contributed by atoms with Crippen LogP contribution in [-0.2, 0) is 80.0 Å². The van der Waals surface area contributed by atoms with Gasteiger partial charge in [0.25, 0.3) is 11.8 Å². The smallest absolute Gasteiger partial charge is 0.410 e. The van der Waals surface area contributed by atoms with E-state index in [1.165, 1.54) is 23.3 Å². The number of nitrogens with zero attached hydrogens (tertiary/aromatic N) is 7. The molecule has 1 aromatic heterocycles. The van der Waals surface area contributed by atoms with E-state index in [4.69, 9.17) is 46.1 Å². The molecule has 1 saturated heterocycles. The van der Waals surface area contributed by atoms with E-state index in [1.807, 2.05) is 101 Å². The maximum atomic E-state index is 15.0. The van der Waals surface area contributed by atoms with Gasteiger partial charge in [-0.1, -0.05) is 130 Å². The molecule has 10 amide bonds. The van der Waals surface area contributed by atoms with Crippen molar-refractivity contribution in [3.05, 3.63) is 118 Å². The zero-order valence-electron chi connectivity index (χ0n) is 76.8. The van der Waals surface area contributed by atoms with Crippen LogP contribution in [-0.4, -0.2) is 273 Å². The fraction of sp³-hybridized carbons (Fsp3) is 0.626. The van der Waals surface area contributed by atoms with E-state index >= 15 is 0 Å². The molecule has 2 aliphatic heterocycles. The molecule has 36 heteroatoms. The molecule has 3 heterocycles. The molecule has 0 aliphatic carbocycles. The number of amides is 10. The predicted molar refractivity (Wildman–Crippen MR) is 491 cm³/mol. The zero-order valence-corrected chi connectivity index (χ0v) is 79.2. The highest BCUT2D eigenvalue weighted by Crippen LogP contribution is 2.35. The van der Waals surface area contributed by atoms with E-state index in [-0.39, 0.29) is 179 Å². The number of primary amides is 1. The Morgan fingerprint density at radius 1 is 0.669 bits per heavy atom. The molecule has 6 rings (SSSR count). The van der Waals surface area contributed by atoms with E-state index in [2.05, 4.69) is 38.4 Å². The van der Waals surface area contributed by atoms with Gasteiger partial charge in [-0.05, 0) is 125 Å². The summed E-state index contributed by atoms with van der Waals surface area (Å²) >= 11 is 1.54. The first kappa shape index (κ1) is 112. The van der Waals surface area contributed by atoms with Crippen LogP contribution in [0, 0.1) is 41.4 Å². The van der Waals surface area contributed by atoms with E-state index in [0.29, 0.717) is 100 Å². The van der Waals surface area contributed by atoms with Crippen LogP contribution in [0.2, 0.25) is 0 Å². The molecule has 0 radical (unpaired) electrons. The van der Waals surface area contributed by atoms with Crippen molar-refractivity contribution in [3.8, 4) is 0 Å². The van der Waals surface area contributed by atoms with Crippen LogP contribution < -0.4 is 38.5 Å². The van der Waals surface area contributed by atoms with Gasteiger partial charge in [-0.2, -0.15) is 0 Å². The molecule has 2 aliphatic rings. The number of ketones is 3. The molecule has 33 nitrogen and oxygen atoms in total. The van der Waals surface area contributed by atoms with Crippen molar-refractivity contribution in [2.75, 3.05) is 120 Å². The minimum atomic E-state index is -0.960. The van der Waals surface area contributed by atoms with Crippen LogP contribution in [0.5, 0.6) is 0 Å². The summed E-state index contributed by atoms with van der Waals surface area (Å²) in [5.41, 5.74) is 19.2. The van der Waals surface area contributed by atoms with E-state index in [9.17, 15) is 62.3 Å². The third-order valence-electron chi connectivity index (χ3n) is 23.2. The number of unbranched alkanes of at least 4 members (excludes halogenated alkanes) is 1. The van der Waals surface area contributed by atoms with Gasteiger partial charge in [0.2, 0.25) is 29.5 Å². The Kier molecular flexibility index (Phi) is 51.8. The highest BCUT2D eigenvalue weighted by atomic mass is 35.5. The third kappa shape index (κ3) is 36.9. The minimum absolute atomic E-state index is 0. The molecular weight excluding hydrogens is 1700 g/mol. The van der Waals surface area contributed by atoms with Gasteiger partial charge < -0.3 is 87.0 Å². The highest BCUT2D eigenvalue weighted by Gasteiger charge is 2.45. The lowest BCUT2D eigenvalue weighted by Gasteiger charge is -2.41. The fourth-order valence-electron chi connectivity index (χ4n) is 15.7. The number of hydrogen-bond acceptors (Lipinski definition) is 24. The highest BCUT2D eigenvalue weighted by molar-refractivity contribution is 7.09. The molecule has 0 spiro atoms. The number of halogens is 2. The first-order chi connectivity index (χ1) is 59.5. The normalized spacial score (nSPS) is 15.7. The van der Waals surface area contributed by atoms with Gasteiger partial charge in [0.15, 0.2) is 11.6 Å². The summed E-state index contributed by atoms with van der Waals surface area (Å²) in [5, 5.41) is 23.5. The molecule has 710 valence electrons. The molecule has 11 N–H and O–H groups in total. The topological polar surface area (TPSA) is 447 Å². The number of ether oxygens (including phenoxy) is 4. The number of hydroxylamine groups is 2. The van der Waals surface area contributed by atoms with Crippen LogP contribution in [0.15, 0.2) is 90.4 Å². The number of Topliss-reactive ketones (excluding diaryl/α,β-unsaturated/α-hetero) is 3. The molecule has 3 aromatic carbocycles. The van der Waals surface area contributed by atoms with Gasteiger partial charge in [-0.15, -0.1) is 41.2 Å². The number of likely N-dealkylation sites (N-methyl/N-ethyl adjacent to an activating group) is 4. The number of carboxylic acids is 1. The summed E-state index contributed by atoms with van der Waals surface area (Å²) < 4.78 is 23.4. The maximum Gasteiger partial charge on any atom is 0.410 e. The van der Waals surface area contributed by atoms with E-state index < -0.39 is 89.9 Å². The second-order valence-corrected chi connectivity index (χ2v) is 34.7. The minimum Gasteiger partial charge on any atom is -0.481 e. The SMILES string of the molecule is CC[C@H](C)[C@@H]([C@@H](CC(=O)N1CCC[C@H]1[C@H](OC)[C@@H](C)C(=O)C[C@@H](Cc1ccccc1)c1nccs1)OC)N(C)C(=O)[C@@H](CC(=O)[C@H](C(C)C)N(C)C(=O)OCc1ccc(NC(=O)[C@H](CCCNC(N)=O)CC(=O)[C@@H](NC(=O)CCN(C)CCN(C)CCC(=O)O)C(C)C)cc1)C(C)C.Cl.Cl.NCCCC[C@H](N)C(=O)NCCOCCON1C(=O)c2ccccc2C1=O. The standard InChI is InChI=1S/C73H114N10O14S.C18H26N4O5.2ClH/c1-16-49(8)67(61(95-14)44-63(88)83-34-21-25-57(83)68(96-15)50(9)58(84)42-54(70-75-33-39-98-70)40-51-22-18-17-19-23-51)81(12)71(92)56(46(2)3)43-60(86)66(48(6)7)82(13)73(94)97-45-52-26-28-55(29-27-52)77-69(91)53(24-20-32-76-72(74)93)41-59(85)65(47(4)5)78-62(87)30-35-79(10)37-38-80(11)36-31-64(89)90;19-8-4-3-7-15(20)16(23)21-9-10-26-11-12-27-22-17(24)13-5-1-2-6-14(13)18(22)25;;/h17-19,22-23,26-29,33,39,46-50,53-54,56-57,61,65-68H,16,20-21,24-25,30-32,34-38,40-45H2,1-15H3,(H,77,91)(H,78,87)(H,89,90)(H3,74,76,93);1-2,5-6,15H,3-4,7-12,19-20H2,(H,21,23);2*1H/t49-,50-,53+,54+,56-,57-,61+,65-,66-,67-,68+;15-;;/m00../s1. The van der Waals surface area contributed by atoms with Gasteiger partial charge in [0.1, 0.15) is 12.4 Å². The predicted octanol–water partition coefficient (Wildman–Crippen LogP) is 9.35. The summed E-state index contributed by atoms with van der Waals surface area (Å²) in [6, 6.07) is 19.1. The van der Waals surface area contributed by atoms with Crippen molar-refractivity contribution in [2.24, 2.45) is 58.6 Å². The molecular formula is C91H142Cl2N14O19S. The van der Waals surface area contributed by atoms with Gasteiger partial charge in [0, 0.05) is 141 Å². The van der Waals surface area contributed by atoms with Gasteiger partial charge in [-0.3, -0.25) is 57.6 Å². The Labute approximate surface area is 766 Å². The van der Waals surface area contributed by atoms with Crippen molar-refractivity contribution < 1.29 is 91.2 Å². The third-order valence-corrected chi connectivity index (χ3v) is 24.2. The lowest BCUT2D eigenvalue weighted by molar-refractivity contribution is -0.149. The summed E-state index contributed by atoms with van der Waals surface area (Å²) in [6.45, 7) is 20.8. The number of carboxylic acid groups (broad SMARTS) is 1. The van der Waals surface area contributed by atoms with Gasteiger partial charge in [-0.25, -0.2) is 14.6 Å². The lowest BCUT2D eigenvalue weighted by Crippen LogP contribution is -2.54. The van der Waals surface area contributed by atoms with Crippen molar-refractivity contribution in [1.29, 1.82) is 0 Å². The number of likely N-dealkylation sites (tertiary alicyclic amines) is 1. The van der Waals surface area contributed by atoms with E-state index in [0.717, 1.165) is 34.9 Å². The molecule has 0 bridgehead atoms. The van der Waals surface area contributed by atoms with Crippen LogP contribution >= 0.6 is 36.2 Å². The summed E-state index contributed by atoms with van der Waals surface area (Å²) in [6.07, 6.45) is 5.22. The van der Waals surface area contributed by atoms with Crippen LogP contribution in [0.4, 0.5) is 15.3 Å². The van der Waals surface area contributed by atoms with Gasteiger partial charge >= 0.3 is 18.1 Å². The number of methoxy groups -OCH3 is 2. The number of thiazole rings is 1. The second kappa shape index (κ2) is 58.6. The number of aromatic nitrogens is 1. The zero-order chi connectivity index (χ0) is 92.6. The number of nitrogens with one attached hydrogen (secondary N) is 4. The van der Waals surface area contributed by atoms with Crippen LogP contribution in [0.1, 0.15) is 195 Å². The average molecular weight is 1840 g/mol. The number of hydrogen-bond donors (Lipinski definition) is 8. The first-order valence-electron chi connectivity index (χ1n) is 43.7. The molecule has 0 unspecified atom stereocenters. The lowest BCUT2D eigenvalue weighted by atomic mass is 9.83. The molecule has 4 aromatic rings. The van der Waals surface area contributed by atoms with Crippen LogP contribution in [0.3, 0.4) is 0 Å². The maximum absolute atomic E-state index is 15.0. The number of benzene rings is 3. The second-order valence-electron chi connectivity index (χ2n) is 33.7. The van der Waals surface area contributed by atoms with Crippen LogP contribution in [0.25, 0.3) is 0 Å². The summed E-state index contributed by atoms with van der Waals surface area (Å²) in [7, 11) is 10.0. The molecule has 127 heavy (non-hydrogen) atoms. The molecule has 1 fully saturated rings. The first-order valence-corrected chi connectivity index (χ1v) is 44.6. The number of fused-ring (bicyclic) bond motifs is 1. The van der Waals surface area contributed by atoms with Crippen molar-refractivity contribution in [2.45, 2.75) is 214 Å². The number of nitrogens with two attached hydrogens (primary N) is 3. The van der Waals surface area contributed by atoms with Crippen molar-refractivity contribution >= 4 is 119 Å². The number of urea groups is 1. The number of carbonyl (C=O) groups is 13. The number of carbonyl (C=O) groups excluding carboxylic acids is 12. The van der Waals surface area contributed by atoms with Crippen molar-refractivity contribution in [1.82, 2.24) is 50.5 Å². The van der Waals surface area contributed by atoms with E-state index in [1.54, 1.807) is 94.7 Å². The van der Waals surface area contributed by atoms with Gasteiger partial charge in [0.05, 0.1) is 91.2 Å². The summed E-state index contributed by atoms with van der Waals surface area (Å²) in [5.74, 6) is -7.29. The average Bonchev–Trinajstić information content (AvgIpc) is 1.66. The Morgan fingerprint density at radius 3 is 1.87 bits per heavy atom. The Hall–Kier alpha value is -8.94. The van der Waals surface area contributed by atoms with Crippen molar-refractivity contribution in [3.63, 3.8) is 0 Å². The Balaban J connectivity index is 0.00000121. The Morgan fingerprint density at radius 2 is 1.31 bits per heavy atom. The number of rotatable bonds is 57. The monoisotopic (exact) mass is 1840 g/mol. The Bertz CT molecular complexity index is 4050. The summed E-state index contributed by atoms with van der Waals surface area (Å²) in [4.78, 5) is 190. The quantitative estimate of drug-likeness (QED) is 0.0151.